The number of anilines is 2. The minimum absolute atomic E-state index is 0.00940. The van der Waals surface area contributed by atoms with Crippen LogP contribution in [0.2, 0.25) is 5.02 Å². The molecule has 0 aliphatic carbocycles. The lowest BCUT2D eigenvalue weighted by Gasteiger charge is -2.38. The fraction of sp³-hybridized carbons (Fsp3) is 0.615. The average molecular weight is 311 g/mol. The van der Waals surface area contributed by atoms with E-state index in [1.54, 1.807) is 0 Å². The Morgan fingerprint density at radius 1 is 1.48 bits per heavy atom. The molecule has 114 valence electrons. The van der Waals surface area contributed by atoms with E-state index in [0.717, 1.165) is 13.0 Å². The van der Waals surface area contributed by atoms with E-state index in [-0.39, 0.29) is 30.0 Å². The van der Waals surface area contributed by atoms with Crippen LogP contribution >= 0.6 is 11.6 Å². The molecule has 3 rings (SSSR count). The number of carbonyl (C=O) groups excluding carboxylic acids is 1. The highest BCUT2D eigenvalue weighted by Crippen LogP contribution is 2.32. The Labute approximate surface area is 128 Å². The molecule has 0 unspecified atom stereocenters. The van der Waals surface area contributed by atoms with Gasteiger partial charge in [-0.25, -0.2) is 14.8 Å². The van der Waals surface area contributed by atoms with Crippen molar-refractivity contribution in [2.75, 3.05) is 23.7 Å². The van der Waals surface area contributed by atoms with Crippen LogP contribution in [-0.2, 0) is 0 Å². The second kappa shape index (κ2) is 5.22. The van der Waals surface area contributed by atoms with E-state index in [2.05, 4.69) is 20.2 Å². The molecule has 2 aliphatic heterocycles. The highest BCUT2D eigenvalue weighted by atomic mass is 35.5. The zero-order chi connectivity index (χ0) is 15.1. The topological polar surface area (TPSA) is 87.4 Å². The van der Waals surface area contributed by atoms with Crippen LogP contribution in [0.25, 0.3) is 0 Å². The maximum atomic E-state index is 12.1. The molecular weight excluding hydrogens is 292 g/mol. The molecule has 1 aromatic rings. The van der Waals surface area contributed by atoms with Crippen molar-refractivity contribution in [1.82, 2.24) is 20.2 Å². The summed E-state index contributed by atoms with van der Waals surface area (Å²) >= 11 is 6.19. The van der Waals surface area contributed by atoms with E-state index in [4.69, 9.17) is 17.3 Å². The van der Waals surface area contributed by atoms with Crippen LogP contribution < -0.4 is 16.0 Å². The lowest BCUT2D eigenvalue weighted by molar-refractivity contribution is 0.175. The highest BCUT2D eigenvalue weighted by molar-refractivity contribution is 6.35. The van der Waals surface area contributed by atoms with Crippen LogP contribution in [0.1, 0.15) is 20.3 Å². The Morgan fingerprint density at radius 3 is 2.95 bits per heavy atom. The summed E-state index contributed by atoms with van der Waals surface area (Å²) in [5, 5.41) is 3.42. The van der Waals surface area contributed by atoms with Gasteiger partial charge >= 0.3 is 6.03 Å². The largest absolute Gasteiger partial charge is 0.382 e. The molecule has 2 fully saturated rings. The lowest BCUT2D eigenvalue weighted by Crippen LogP contribution is -2.52. The normalized spacial score (nSPS) is 25.2. The second-order valence-corrected chi connectivity index (χ2v) is 6.13. The number of carbonyl (C=O) groups is 1. The number of aromatic nitrogens is 2. The first-order valence-electron chi connectivity index (χ1n) is 7.08. The number of nitrogen functional groups attached to an aromatic ring is 1. The van der Waals surface area contributed by atoms with Crippen molar-refractivity contribution in [1.29, 1.82) is 0 Å². The first kappa shape index (κ1) is 14.2. The van der Waals surface area contributed by atoms with Gasteiger partial charge in [-0.15, -0.1) is 0 Å². The van der Waals surface area contributed by atoms with Crippen molar-refractivity contribution in [3.05, 3.63) is 11.3 Å². The molecule has 3 N–H and O–H groups in total. The molecule has 2 atom stereocenters. The van der Waals surface area contributed by atoms with Crippen molar-refractivity contribution in [2.24, 2.45) is 0 Å². The minimum atomic E-state index is 0.00940. The number of amides is 2. The fourth-order valence-electron chi connectivity index (χ4n) is 3.20. The SMILES string of the molecule is CC(C)N1C(=O)N[C@@H]2CN(c3ncnc(N)c3Cl)CC[C@@H]21. The standard InChI is InChI=1S/C13H19ClN6O/c1-7(2)20-9-3-4-19(5-8(9)18-13(20)21)12-10(14)11(15)16-6-17-12/h6-9H,3-5H2,1-2H3,(H,18,21)(H2,15,16,17)/t8-,9+/m1/s1. The van der Waals surface area contributed by atoms with Gasteiger partial charge in [-0.2, -0.15) is 0 Å². The van der Waals surface area contributed by atoms with Gasteiger partial charge in [0.15, 0.2) is 5.82 Å². The molecule has 0 aromatic carbocycles. The number of piperidine rings is 1. The highest BCUT2D eigenvalue weighted by Gasteiger charge is 2.44. The molecular formula is C13H19ClN6O. The van der Waals surface area contributed by atoms with Crippen LogP contribution in [0.5, 0.6) is 0 Å². The average Bonchev–Trinajstić information content (AvgIpc) is 2.76. The Morgan fingerprint density at radius 2 is 2.24 bits per heavy atom. The van der Waals surface area contributed by atoms with E-state index in [1.807, 2.05) is 18.7 Å². The number of halogens is 1. The third-order valence-electron chi connectivity index (χ3n) is 4.13. The van der Waals surface area contributed by atoms with Gasteiger partial charge < -0.3 is 20.9 Å². The maximum Gasteiger partial charge on any atom is 0.318 e. The molecule has 8 heteroatoms. The van der Waals surface area contributed by atoms with Gasteiger partial charge in [0.1, 0.15) is 17.2 Å². The molecule has 2 saturated heterocycles. The molecule has 3 heterocycles. The summed E-state index contributed by atoms with van der Waals surface area (Å²) in [5.41, 5.74) is 5.73. The first-order valence-corrected chi connectivity index (χ1v) is 7.46. The van der Waals surface area contributed by atoms with Crippen molar-refractivity contribution < 1.29 is 4.79 Å². The summed E-state index contributed by atoms with van der Waals surface area (Å²) in [6.45, 7) is 5.54. The van der Waals surface area contributed by atoms with Gasteiger partial charge in [0.2, 0.25) is 0 Å². The van der Waals surface area contributed by atoms with E-state index in [0.29, 0.717) is 17.4 Å². The number of hydrogen-bond donors (Lipinski definition) is 2. The summed E-state index contributed by atoms with van der Waals surface area (Å²) in [7, 11) is 0. The van der Waals surface area contributed by atoms with Gasteiger partial charge in [-0.1, -0.05) is 11.6 Å². The Hall–Kier alpha value is -1.76. The number of nitrogens with one attached hydrogen (secondary N) is 1. The lowest BCUT2D eigenvalue weighted by atomic mass is 9.99. The van der Waals surface area contributed by atoms with Crippen LogP contribution in [0, 0.1) is 0 Å². The molecule has 2 aliphatic rings. The Kier molecular flexibility index (Phi) is 3.52. The second-order valence-electron chi connectivity index (χ2n) is 5.76. The Balaban J connectivity index is 1.80. The first-order chi connectivity index (χ1) is 9.99. The van der Waals surface area contributed by atoms with Gasteiger partial charge in [-0.05, 0) is 20.3 Å². The number of fused-ring (bicyclic) bond motifs is 1. The van der Waals surface area contributed by atoms with Gasteiger partial charge in [0.05, 0.1) is 12.1 Å². The molecule has 7 nitrogen and oxygen atoms in total. The predicted octanol–water partition coefficient (Wildman–Crippen LogP) is 1.09. The number of rotatable bonds is 2. The maximum absolute atomic E-state index is 12.1. The van der Waals surface area contributed by atoms with E-state index < -0.39 is 0 Å². The summed E-state index contributed by atoms with van der Waals surface area (Å²) in [4.78, 5) is 24.2. The van der Waals surface area contributed by atoms with Gasteiger partial charge in [-0.3, -0.25) is 0 Å². The third-order valence-corrected chi connectivity index (χ3v) is 4.49. The zero-order valence-corrected chi connectivity index (χ0v) is 12.8. The van der Waals surface area contributed by atoms with Gasteiger partial charge in [0, 0.05) is 19.1 Å². The monoisotopic (exact) mass is 310 g/mol. The fourth-order valence-corrected chi connectivity index (χ4v) is 3.42. The Bertz CT molecular complexity index is 566. The van der Waals surface area contributed by atoms with Crippen molar-refractivity contribution in [2.45, 2.75) is 38.4 Å². The number of nitrogens with zero attached hydrogens (tertiary/aromatic N) is 4. The number of urea groups is 1. The van der Waals surface area contributed by atoms with Gasteiger partial charge in [0.25, 0.3) is 0 Å². The predicted molar refractivity (Wildman–Crippen MR) is 81.4 cm³/mol. The number of hydrogen-bond acceptors (Lipinski definition) is 5. The minimum Gasteiger partial charge on any atom is -0.382 e. The summed E-state index contributed by atoms with van der Waals surface area (Å²) in [5.74, 6) is 0.919. The molecule has 0 radical (unpaired) electrons. The number of nitrogens with two attached hydrogens (primary N) is 1. The van der Waals surface area contributed by atoms with E-state index in [1.165, 1.54) is 6.33 Å². The van der Waals surface area contributed by atoms with Crippen LogP contribution in [-0.4, -0.2) is 52.1 Å². The van der Waals surface area contributed by atoms with Crippen LogP contribution in [0.15, 0.2) is 6.33 Å². The van der Waals surface area contributed by atoms with E-state index >= 15 is 0 Å². The van der Waals surface area contributed by atoms with Crippen molar-refractivity contribution in [3.63, 3.8) is 0 Å². The molecule has 2 amide bonds. The summed E-state index contributed by atoms with van der Waals surface area (Å²) in [6, 6.07) is 0.521. The molecule has 0 bridgehead atoms. The molecule has 1 aromatic heterocycles. The van der Waals surface area contributed by atoms with Crippen LogP contribution in [0.3, 0.4) is 0 Å². The van der Waals surface area contributed by atoms with E-state index in [9.17, 15) is 4.79 Å². The summed E-state index contributed by atoms with van der Waals surface area (Å²) < 4.78 is 0. The van der Waals surface area contributed by atoms with Crippen molar-refractivity contribution >= 4 is 29.3 Å². The van der Waals surface area contributed by atoms with Crippen molar-refractivity contribution in [3.8, 4) is 0 Å². The molecule has 0 saturated carbocycles. The zero-order valence-electron chi connectivity index (χ0n) is 12.1. The van der Waals surface area contributed by atoms with Crippen LogP contribution in [0.4, 0.5) is 16.4 Å². The molecule has 0 spiro atoms. The quantitative estimate of drug-likeness (QED) is 0.854. The molecule has 21 heavy (non-hydrogen) atoms. The smallest absolute Gasteiger partial charge is 0.318 e. The summed E-state index contributed by atoms with van der Waals surface area (Å²) in [6.07, 6.45) is 2.29. The third kappa shape index (κ3) is 2.35.